The van der Waals surface area contributed by atoms with Crippen LogP contribution in [0.15, 0.2) is 23.1 Å². The minimum atomic E-state index is -3.79. The van der Waals surface area contributed by atoms with Gasteiger partial charge in [-0.2, -0.15) is 0 Å². The Balaban J connectivity index is 2.96. The molecular weight excluding hydrogens is 294 g/mol. The molecule has 0 saturated heterocycles. The zero-order valence-corrected chi connectivity index (χ0v) is 13.2. The third-order valence-corrected chi connectivity index (χ3v) is 4.28. The number of hydrogen-bond donors (Lipinski definition) is 3. The summed E-state index contributed by atoms with van der Waals surface area (Å²) < 4.78 is 32.3. The number of carbonyl (C=O) groups excluding carboxylic acids is 1. The zero-order chi connectivity index (χ0) is 16.3. The lowest BCUT2D eigenvalue weighted by Crippen LogP contribution is -2.40. The van der Waals surface area contributed by atoms with Crippen LogP contribution in [0.5, 0.6) is 0 Å². The summed E-state index contributed by atoms with van der Waals surface area (Å²) in [6.07, 6.45) is 0. The Bertz CT molecular complexity index is 626. The van der Waals surface area contributed by atoms with Crippen LogP contribution >= 0.6 is 0 Å². The number of amides is 1. The van der Waals surface area contributed by atoms with Gasteiger partial charge in [-0.25, -0.2) is 13.1 Å². The van der Waals surface area contributed by atoms with Gasteiger partial charge in [-0.15, -0.1) is 0 Å². The predicted molar refractivity (Wildman–Crippen MR) is 80.3 cm³/mol. The smallest absolute Gasteiger partial charge is 0.248 e. The van der Waals surface area contributed by atoms with Crippen LogP contribution in [0, 0.1) is 0 Å². The molecule has 0 aliphatic carbocycles. The van der Waals surface area contributed by atoms with Gasteiger partial charge in [0.15, 0.2) is 0 Å². The number of anilines is 1. The normalized spacial score (nSPS) is 12.3. The molecule has 1 amide bonds. The Hall–Kier alpha value is -1.64. The number of nitrogens with one attached hydrogen (secondary N) is 1. The van der Waals surface area contributed by atoms with Crippen LogP contribution in [0.4, 0.5) is 5.69 Å². The van der Waals surface area contributed by atoms with Gasteiger partial charge >= 0.3 is 0 Å². The van der Waals surface area contributed by atoms with Crippen molar-refractivity contribution in [1.29, 1.82) is 0 Å². The molecule has 1 aromatic rings. The van der Waals surface area contributed by atoms with E-state index in [2.05, 4.69) is 4.72 Å². The summed E-state index contributed by atoms with van der Waals surface area (Å²) in [5.74, 6) is -0.670. The van der Waals surface area contributed by atoms with E-state index in [9.17, 15) is 13.2 Å². The highest BCUT2D eigenvalue weighted by atomic mass is 32.2. The van der Waals surface area contributed by atoms with E-state index in [0.717, 1.165) is 0 Å². The maximum Gasteiger partial charge on any atom is 0.248 e. The summed E-state index contributed by atoms with van der Waals surface area (Å²) in [5, 5.41) is 0. The summed E-state index contributed by atoms with van der Waals surface area (Å²) in [4.78, 5) is 10.9. The second-order valence-electron chi connectivity index (χ2n) is 5.13. The van der Waals surface area contributed by atoms with Gasteiger partial charge in [-0.1, -0.05) is 0 Å². The van der Waals surface area contributed by atoms with Crippen molar-refractivity contribution in [2.45, 2.75) is 31.3 Å². The van der Waals surface area contributed by atoms with E-state index in [4.69, 9.17) is 16.2 Å². The number of rotatable bonds is 7. The monoisotopic (exact) mass is 315 g/mol. The van der Waals surface area contributed by atoms with E-state index < -0.39 is 21.5 Å². The van der Waals surface area contributed by atoms with Crippen LogP contribution in [0.25, 0.3) is 0 Å². The molecule has 0 saturated carbocycles. The van der Waals surface area contributed by atoms with Crippen LogP contribution in [0.3, 0.4) is 0 Å². The molecule has 118 valence electrons. The first-order valence-corrected chi connectivity index (χ1v) is 7.90. The SMILES string of the molecule is CCOC(C)(C)CNS(=O)(=O)c1ccc(C(N)=O)cc1N. The summed E-state index contributed by atoms with van der Waals surface area (Å²) in [6, 6.07) is 3.82. The fourth-order valence-electron chi connectivity index (χ4n) is 1.73. The maximum atomic E-state index is 12.2. The summed E-state index contributed by atoms with van der Waals surface area (Å²) >= 11 is 0. The van der Waals surface area contributed by atoms with Crippen molar-refractivity contribution in [3.8, 4) is 0 Å². The maximum absolute atomic E-state index is 12.2. The fourth-order valence-corrected chi connectivity index (χ4v) is 3.04. The highest BCUT2D eigenvalue weighted by molar-refractivity contribution is 7.89. The quantitative estimate of drug-likeness (QED) is 0.630. The molecule has 0 heterocycles. The molecule has 21 heavy (non-hydrogen) atoms. The molecule has 0 aliphatic heterocycles. The van der Waals surface area contributed by atoms with E-state index in [1.165, 1.54) is 18.2 Å². The van der Waals surface area contributed by atoms with Gasteiger partial charge < -0.3 is 16.2 Å². The number of benzene rings is 1. The molecule has 8 heteroatoms. The van der Waals surface area contributed by atoms with Gasteiger partial charge in [0.1, 0.15) is 4.90 Å². The van der Waals surface area contributed by atoms with E-state index in [1.54, 1.807) is 13.8 Å². The lowest BCUT2D eigenvalue weighted by Gasteiger charge is -2.25. The molecule has 1 aromatic carbocycles. The first kappa shape index (κ1) is 17.4. The van der Waals surface area contributed by atoms with E-state index in [-0.39, 0.29) is 22.7 Å². The number of sulfonamides is 1. The Kier molecular flexibility index (Phi) is 5.32. The van der Waals surface area contributed by atoms with Crippen molar-refractivity contribution in [2.75, 3.05) is 18.9 Å². The molecule has 0 unspecified atom stereocenters. The first-order valence-electron chi connectivity index (χ1n) is 6.42. The number of primary amides is 1. The number of ether oxygens (including phenoxy) is 1. The van der Waals surface area contributed by atoms with Crippen molar-refractivity contribution in [2.24, 2.45) is 5.73 Å². The van der Waals surface area contributed by atoms with Crippen molar-refractivity contribution in [3.63, 3.8) is 0 Å². The minimum Gasteiger partial charge on any atom is -0.398 e. The largest absolute Gasteiger partial charge is 0.398 e. The van der Waals surface area contributed by atoms with Crippen LogP contribution in [-0.4, -0.2) is 33.1 Å². The number of nitrogen functional groups attached to an aromatic ring is 1. The van der Waals surface area contributed by atoms with Gasteiger partial charge in [0.25, 0.3) is 0 Å². The van der Waals surface area contributed by atoms with Crippen LogP contribution < -0.4 is 16.2 Å². The molecule has 0 bridgehead atoms. The average molecular weight is 315 g/mol. The fraction of sp³-hybridized carbons (Fsp3) is 0.462. The number of hydrogen-bond acceptors (Lipinski definition) is 5. The molecule has 0 radical (unpaired) electrons. The summed E-state index contributed by atoms with van der Waals surface area (Å²) in [6.45, 7) is 5.96. The molecule has 0 atom stereocenters. The van der Waals surface area contributed by atoms with E-state index in [0.29, 0.717) is 6.61 Å². The molecule has 0 fully saturated rings. The Labute approximate surface area is 124 Å². The van der Waals surface area contributed by atoms with E-state index >= 15 is 0 Å². The average Bonchev–Trinajstić information content (AvgIpc) is 2.36. The molecule has 0 aliphatic rings. The van der Waals surface area contributed by atoms with Crippen molar-refractivity contribution >= 4 is 21.6 Å². The van der Waals surface area contributed by atoms with Gasteiger partial charge in [-0.3, -0.25) is 4.79 Å². The Morgan fingerprint density at radius 3 is 2.48 bits per heavy atom. The molecule has 0 aromatic heterocycles. The van der Waals surface area contributed by atoms with Gasteiger partial charge in [0.05, 0.1) is 11.3 Å². The third-order valence-electron chi connectivity index (χ3n) is 2.81. The number of nitrogens with two attached hydrogens (primary N) is 2. The number of carbonyl (C=O) groups is 1. The Morgan fingerprint density at radius 1 is 1.38 bits per heavy atom. The van der Waals surface area contributed by atoms with Gasteiger partial charge in [-0.05, 0) is 39.0 Å². The highest BCUT2D eigenvalue weighted by Gasteiger charge is 2.24. The zero-order valence-electron chi connectivity index (χ0n) is 12.3. The lowest BCUT2D eigenvalue weighted by molar-refractivity contribution is -0.00515. The summed E-state index contributed by atoms with van der Waals surface area (Å²) in [5.41, 5.74) is 10.3. The topological polar surface area (TPSA) is 125 Å². The Morgan fingerprint density at radius 2 is 2.00 bits per heavy atom. The predicted octanol–water partition coefficient (Wildman–Crippen LogP) is 0.461. The van der Waals surface area contributed by atoms with Crippen molar-refractivity contribution in [3.05, 3.63) is 23.8 Å². The molecule has 0 spiro atoms. The molecular formula is C13H21N3O4S. The van der Waals surface area contributed by atoms with Gasteiger partial charge in [0.2, 0.25) is 15.9 Å². The van der Waals surface area contributed by atoms with Crippen molar-refractivity contribution in [1.82, 2.24) is 4.72 Å². The van der Waals surface area contributed by atoms with Crippen LogP contribution in [-0.2, 0) is 14.8 Å². The highest BCUT2D eigenvalue weighted by Crippen LogP contribution is 2.20. The second-order valence-corrected chi connectivity index (χ2v) is 6.87. The van der Waals surface area contributed by atoms with Gasteiger partial charge in [0, 0.05) is 18.7 Å². The standard InChI is InChI=1S/C13H21N3O4S/c1-4-20-13(2,3)8-16-21(18,19)11-6-5-9(12(15)17)7-10(11)14/h5-7,16H,4,8,14H2,1-3H3,(H2,15,17). The lowest BCUT2D eigenvalue weighted by atomic mass is 10.1. The van der Waals surface area contributed by atoms with Crippen LogP contribution in [0.2, 0.25) is 0 Å². The van der Waals surface area contributed by atoms with Crippen LogP contribution in [0.1, 0.15) is 31.1 Å². The minimum absolute atomic E-state index is 0.0342. The molecule has 5 N–H and O–H groups in total. The third kappa shape index (κ3) is 4.69. The van der Waals surface area contributed by atoms with E-state index in [1.807, 2.05) is 6.92 Å². The molecule has 1 rings (SSSR count). The molecule has 7 nitrogen and oxygen atoms in total. The first-order chi connectivity index (χ1) is 9.59. The second kappa shape index (κ2) is 6.42. The summed E-state index contributed by atoms with van der Waals surface area (Å²) in [7, 11) is -3.79. The van der Waals surface area contributed by atoms with Crippen molar-refractivity contribution < 1.29 is 17.9 Å².